The Morgan fingerprint density at radius 2 is 2.04 bits per heavy atom. The fourth-order valence-electron chi connectivity index (χ4n) is 2.53. The summed E-state index contributed by atoms with van der Waals surface area (Å²) < 4.78 is 6.86. The summed E-state index contributed by atoms with van der Waals surface area (Å²) in [5, 5.41) is 7.76. The second-order valence-corrected chi connectivity index (χ2v) is 7.53. The molecule has 0 aliphatic carbocycles. The minimum atomic E-state index is -0.123. The molecule has 1 amide bonds. The highest BCUT2D eigenvalue weighted by Crippen LogP contribution is 2.30. The summed E-state index contributed by atoms with van der Waals surface area (Å²) in [4.78, 5) is 22.4. The number of nitrogens with one attached hydrogen (secondary N) is 1. The van der Waals surface area contributed by atoms with Crippen LogP contribution in [0.1, 0.15) is 0 Å². The Bertz CT molecular complexity index is 1040. The number of ether oxygens (including phenoxy) is 1. The molecule has 0 saturated heterocycles. The van der Waals surface area contributed by atoms with Crippen molar-refractivity contribution in [3.63, 3.8) is 0 Å². The minimum Gasteiger partial charge on any atom is -0.497 e. The predicted molar refractivity (Wildman–Crippen MR) is 108 cm³/mol. The van der Waals surface area contributed by atoms with E-state index >= 15 is 0 Å². The summed E-state index contributed by atoms with van der Waals surface area (Å²) >= 11 is 3.21. The SMILES string of the molecule is COc1ccc(NC(=O)Cn2cnc(-c3nc(-c4cccs4)cs3)c2)cc1. The van der Waals surface area contributed by atoms with Crippen LogP contribution in [-0.2, 0) is 11.3 Å². The van der Waals surface area contributed by atoms with Gasteiger partial charge in [0, 0.05) is 17.3 Å². The molecule has 0 aliphatic rings. The van der Waals surface area contributed by atoms with Crippen molar-refractivity contribution in [1.82, 2.24) is 14.5 Å². The summed E-state index contributed by atoms with van der Waals surface area (Å²) in [6.45, 7) is 0.183. The second-order valence-electron chi connectivity index (χ2n) is 5.72. The molecule has 6 nitrogen and oxygen atoms in total. The number of nitrogens with zero attached hydrogens (tertiary/aromatic N) is 3. The molecule has 0 saturated carbocycles. The van der Waals surface area contributed by atoms with Gasteiger partial charge in [-0.15, -0.1) is 22.7 Å². The summed E-state index contributed by atoms with van der Waals surface area (Å²) in [6.07, 6.45) is 3.49. The van der Waals surface area contributed by atoms with Gasteiger partial charge in [-0.1, -0.05) is 6.07 Å². The van der Waals surface area contributed by atoms with Gasteiger partial charge in [0.25, 0.3) is 0 Å². The van der Waals surface area contributed by atoms with Crippen LogP contribution >= 0.6 is 22.7 Å². The molecule has 0 atom stereocenters. The largest absolute Gasteiger partial charge is 0.497 e. The molecule has 0 aliphatic heterocycles. The van der Waals surface area contributed by atoms with Gasteiger partial charge in [-0.2, -0.15) is 0 Å². The highest BCUT2D eigenvalue weighted by Gasteiger charge is 2.11. The van der Waals surface area contributed by atoms with E-state index < -0.39 is 0 Å². The lowest BCUT2D eigenvalue weighted by Crippen LogP contribution is -2.17. The van der Waals surface area contributed by atoms with Crippen molar-refractivity contribution in [2.45, 2.75) is 6.54 Å². The van der Waals surface area contributed by atoms with Gasteiger partial charge in [-0.3, -0.25) is 4.79 Å². The van der Waals surface area contributed by atoms with Gasteiger partial charge >= 0.3 is 0 Å². The molecule has 4 rings (SSSR count). The number of benzene rings is 1. The normalized spacial score (nSPS) is 10.7. The number of carbonyl (C=O) groups is 1. The van der Waals surface area contributed by atoms with Crippen molar-refractivity contribution in [2.75, 3.05) is 12.4 Å². The Labute approximate surface area is 164 Å². The molecule has 0 bridgehead atoms. The molecular weight excluding hydrogens is 380 g/mol. The van der Waals surface area contributed by atoms with Crippen LogP contribution in [0.15, 0.2) is 59.7 Å². The van der Waals surface area contributed by atoms with Crippen LogP contribution in [0, 0.1) is 0 Å². The number of hydrogen-bond donors (Lipinski definition) is 1. The zero-order valence-electron chi connectivity index (χ0n) is 14.5. The van der Waals surface area contributed by atoms with E-state index in [0.29, 0.717) is 0 Å². The van der Waals surface area contributed by atoms with E-state index in [1.807, 2.05) is 29.1 Å². The molecule has 3 aromatic heterocycles. The molecule has 0 radical (unpaired) electrons. The quantitative estimate of drug-likeness (QED) is 0.525. The third kappa shape index (κ3) is 4.07. The molecular formula is C19H16N4O2S2. The first-order chi connectivity index (χ1) is 13.2. The molecule has 1 N–H and O–H groups in total. The summed E-state index contributed by atoms with van der Waals surface area (Å²) in [6, 6.07) is 11.3. The average Bonchev–Trinajstić information content (AvgIpc) is 3.43. The molecule has 1 aromatic carbocycles. The fourth-order valence-corrected chi connectivity index (χ4v) is 4.07. The number of amides is 1. The third-order valence-electron chi connectivity index (χ3n) is 3.83. The van der Waals surface area contributed by atoms with Gasteiger partial charge in [0.05, 0.1) is 24.0 Å². The van der Waals surface area contributed by atoms with Crippen molar-refractivity contribution in [3.8, 4) is 27.0 Å². The number of thiazole rings is 1. The topological polar surface area (TPSA) is 69.0 Å². The van der Waals surface area contributed by atoms with E-state index in [1.54, 1.807) is 64.9 Å². The van der Waals surface area contributed by atoms with Crippen LogP contribution in [-0.4, -0.2) is 27.6 Å². The number of methoxy groups -OCH3 is 1. The molecule has 27 heavy (non-hydrogen) atoms. The molecule has 0 unspecified atom stereocenters. The highest BCUT2D eigenvalue weighted by atomic mass is 32.1. The smallest absolute Gasteiger partial charge is 0.244 e. The van der Waals surface area contributed by atoms with Gasteiger partial charge in [-0.05, 0) is 35.7 Å². The molecule has 8 heteroatoms. The first-order valence-electron chi connectivity index (χ1n) is 8.17. The third-order valence-corrected chi connectivity index (χ3v) is 5.59. The van der Waals surface area contributed by atoms with Crippen molar-refractivity contribution in [3.05, 3.63) is 59.7 Å². The molecule has 0 fully saturated rings. The van der Waals surface area contributed by atoms with Crippen LogP contribution in [0.25, 0.3) is 21.3 Å². The van der Waals surface area contributed by atoms with Gasteiger partial charge in [0.1, 0.15) is 23.0 Å². The standard InChI is InChI=1S/C19H16N4O2S2/c1-25-14-6-4-13(5-7-14)21-18(24)10-23-9-15(20-12-23)19-22-16(11-27-19)17-3-2-8-26-17/h2-9,11-12H,10H2,1H3,(H,21,24). The van der Waals surface area contributed by atoms with E-state index in [-0.39, 0.29) is 12.5 Å². The maximum atomic E-state index is 12.2. The Balaban J connectivity index is 1.41. The average molecular weight is 396 g/mol. The van der Waals surface area contributed by atoms with Gasteiger partial charge in [0.15, 0.2) is 0 Å². The summed E-state index contributed by atoms with van der Waals surface area (Å²) in [5.74, 6) is 0.625. The Kier molecular flexibility index (Phi) is 4.99. The Hall–Kier alpha value is -2.97. The number of thiophene rings is 1. The predicted octanol–water partition coefficient (Wildman–Crippen LogP) is 4.38. The molecule has 0 spiro atoms. The van der Waals surface area contributed by atoms with E-state index in [9.17, 15) is 4.79 Å². The molecule has 4 aromatic rings. The maximum Gasteiger partial charge on any atom is 0.244 e. The van der Waals surface area contributed by atoms with Crippen molar-refractivity contribution in [1.29, 1.82) is 0 Å². The van der Waals surface area contributed by atoms with Crippen molar-refractivity contribution < 1.29 is 9.53 Å². The van der Waals surface area contributed by atoms with E-state index in [0.717, 1.165) is 32.7 Å². The Morgan fingerprint density at radius 3 is 2.78 bits per heavy atom. The number of carbonyl (C=O) groups excluding carboxylic acids is 1. The van der Waals surface area contributed by atoms with E-state index in [4.69, 9.17) is 4.74 Å². The fraction of sp³-hybridized carbons (Fsp3) is 0.105. The number of hydrogen-bond acceptors (Lipinski definition) is 6. The van der Waals surface area contributed by atoms with Gasteiger partial charge in [0.2, 0.25) is 5.91 Å². The van der Waals surface area contributed by atoms with Crippen molar-refractivity contribution >= 4 is 34.3 Å². The summed E-state index contributed by atoms with van der Waals surface area (Å²) in [5.41, 5.74) is 2.44. The second kappa shape index (κ2) is 7.73. The number of rotatable bonds is 6. The Morgan fingerprint density at radius 1 is 1.19 bits per heavy atom. The van der Waals surface area contributed by atoms with E-state index in [2.05, 4.69) is 15.3 Å². The van der Waals surface area contributed by atoms with Crippen LogP contribution in [0.3, 0.4) is 0 Å². The van der Waals surface area contributed by atoms with E-state index in [1.165, 1.54) is 0 Å². The van der Waals surface area contributed by atoms with Crippen LogP contribution in [0.5, 0.6) is 5.75 Å². The van der Waals surface area contributed by atoms with Gasteiger partial charge < -0.3 is 14.6 Å². The summed E-state index contributed by atoms with van der Waals surface area (Å²) in [7, 11) is 1.61. The van der Waals surface area contributed by atoms with Crippen LogP contribution in [0.2, 0.25) is 0 Å². The first-order valence-corrected chi connectivity index (χ1v) is 9.92. The molecule has 136 valence electrons. The van der Waals surface area contributed by atoms with Gasteiger partial charge in [-0.25, -0.2) is 9.97 Å². The first kappa shape index (κ1) is 17.4. The molecule has 3 heterocycles. The lowest BCUT2D eigenvalue weighted by molar-refractivity contribution is -0.116. The minimum absolute atomic E-state index is 0.123. The maximum absolute atomic E-state index is 12.2. The zero-order valence-corrected chi connectivity index (χ0v) is 16.1. The monoisotopic (exact) mass is 396 g/mol. The van der Waals surface area contributed by atoms with Crippen LogP contribution < -0.4 is 10.1 Å². The van der Waals surface area contributed by atoms with Crippen molar-refractivity contribution in [2.24, 2.45) is 0 Å². The number of anilines is 1. The zero-order chi connectivity index (χ0) is 18.6. The lowest BCUT2D eigenvalue weighted by atomic mass is 10.3. The number of aromatic nitrogens is 3. The lowest BCUT2D eigenvalue weighted by Gasteiger charge is -2.06. The number of imidazole rings is 1. The van der Waals surface area contributed by atoms with Crippen LogP contribution in [0.4, 0.5) is 5.69 Å². The highest BCUT2D eigenvalue weighted by molar-refractivity contribution is 7.15.